The summed E-state index contributed by atoms with van der Waals surface area (Å²) in [4.78, 5) is 12.2. The standard InChI is InChI=1S/C17H14ClNO2/c1-2-21-17(20)16-11-12-7-3-5-9-14(12)19(16)15-10-6-4-8-13(15)18/h3-11H,2H2,1H3. The Hall–Kier alpha value is -2.26. The molecule has 0 aliphatic rings. The van der Waals surface area contributed by atoms with E-state index in [4.69, 9.17) is 16.3 Å². The summed E-state index contributed by atoms with van der Waals surface area (Å²) < 4.78 is 7.00. The van der Waals surface area contributed by atoms with Crippen molar-refractivity contribution in [2.24, 2.45) is 0 Å². The Morgan fingerprint density at radius 1 is 1.14 bits per heavy atom. The number of carbonyl (C=O) groups excluding carboxylic acids is 1. The van der Waals surface area contributed by atoms with Gasteiger partial charge in [0.15, 0.2) is 0 Å². The zero-order valence-corrected chi connectivity index (χ0v) is 12.3. The van der Waals surface area contributed by atoms with Crippen LogP contribution in [0.1, 0.15) is 17.4 Å². The molecule has 106 valence electrons. The zero-order chi connectivity index (χ0) is 14.8. The van der Waals surface area contributed by atoms with Gasteiger partial charge < -0.3 is 9.30 Å². The van der Waals surface area contributed by atoms with E-state index in [0.717, 1.165) is 16.6 Å². The van der Waals surface area contributed by atoms with Crippen LogP contribution in [-0.4, -0.2) is 17.1 Å². The molecule has 0 unspecified atom stereocenters. The molecule has 0 spiro atoms. The summed E-state index contributed by atoms with van der Waals surface area (Å²) in [6.45, 7) is 2.13. The highest BCUT2D eigenvalue weighted by Gasteiger charge is 2.18. The summed E-state index contributed by atoms with van der Waals surface area (Å²) in [5.41, 5.74) is 2.17. The third kappa shape index (κ3) is 2.41. The van der Waals surface area contributed by atoms with Crippen molar-refractivity contribution in [2.45, 2.75) is 6.92 Å². The highest BCUT2D eigenvalue weighted by molar-refractivity contribution is 6.32. The van der Waals surface area contributed by atoms with E-state index >= 15 is 0 Å². The number of carbonyl (C=O) groups is 1. The molecule has 0 saturated carbocycles. The molecule has 0 fully saturated rings. The summed E-state index contributed by atoms with van der Waals surface area (Å²) in [5, 5.41) is 1.56. The molecule has 0 saturated heterocycles. The second kappa shape index (κ2) is 5.62. The van der Waals surface area contributed by atoms with E-state index in [1.165, 1.54) is 0 Å². The molecule has 3 rings (SSSR count). The van der Waals surface area contributed by atoms with Crippen molar-refractivity contribution >= 4 is 28.5 Å². The molecular weight excluding hydrogens is 286 g/mol. The predicted octanol–water partition coefficient (Wildman–Crippen LogP) is 4.46. The van der Waals surface area contributed by atoms with E-state index in [2.05, 4.69) is 0 Å². The van der Waals surface area contributed by atoms with Crippen LogP contribution in [0.15, 0.2) is 54.6 Å². The number of halogens is 1. The van der Waals surface area contributed by atoms with E-state index in [-0.39, 0.29) is 5.97 Å². The van der Waals surface area contributed by atoms with E-state index in [1.807, 2.05) is 53.1 Å². The number of para-hydroxylation sites is 2. The molecule has 21 heavy (non-hydrogen) atoms. The number of rotatable bonds is 3. The third-order valence-electron chi connectivity index (χ3n) is 3.29. The van der Waals surface area contributed by atoms with Crippen LogP contribution in [0.2, 0.25) is 5.02 Å². The fraction of sp³-hybridized carbons (Fsp3) is 0.118. The average molecular weight is 300 g/mol. The molecule has 2 aromatic carbocycles. The molecule has 0 N–H and O–H groups in total. The maximum Gasteiger partial charge on any atom is 0.355 e. The van der Waals surface area contributed by atoms with Crippen LogP contribution in [-0.2, 0) is 4.74 Å². The normalized spacial score (nSPS) is 10.8. The number of aromatic nitrogens is 1. The first-order chi connectivity index (χ1) is 10.2. The lowest BCUT2D eigenvalue weighted by atomic mass is 10.2. The van der Waals surface area contributed by atoms with E-state index in [9.17, 15) is 4.79 Å². The Labute approximate surface area is 127 Å². The van der Waals surface area contributed by atoms with Crippen molar-refractivity contribution in [2.75, 3.05) is 6.61 Å². The van der Waals surface area contributed by atoms with Crippen LogP contribution in [0.5, 0.6) is 0 Å². The first kappa shape index (κ1) is 13.7. The number of esters is 1. The lowest BCUT2D eigenvalue weighted by Crippen LogP contribution is -2.11. The second-order valence-electron chi connectivity index (χ2n) is 4.60. The van der Waals surface area contributed by atoms with E-state index in [1.54, 1.807) is 13.0 Å². The van der Waals surface area contributed by atoms with Gasteiger partial charge in [0.2, 0.25) is 0 Å². The second-order valence-corrected chi connectivity index (χ2v) is 5.00. The minimum absolute atomic E-state index is 0.336. The SMILES string of the molecule is CCOC(=O)c1cc2ccccc2n1-c1ccccc1Cl. The van der Waals surface area contributed by atoms with Gasteiger partial charge in [-0.25, -0.2) is 4.79 Å². The summed E-state index contributed by atoms with van der Waals surface area (Å²) >= 11 is 6.30. The van der Waals surface area contributed by atoms with Crippen LogP contribution < -0.4 is 0 Å². The maximum absolute atomic E-state index is 12.2. The molecule has 1 aromatic heterocycles. The quantitative estimate of drug-likeness (QED) is 0.669. The van der Waals surface area contributed by atoms with Crippen molar-refractivity contribution in [1.29, 1.82) is 0 Å². The maximum atomic E-state index is 12.2. The first-order valence-electron chi connectivity index (χ1n) is 6.75. The molecule has 0 bridgehead atoms. The fourth-order valence-electron chi connectivity index (χ4n) is 2.40. The zero-order valence-electron chi connectivity index (χ0n) is 11.5. The van der Waals surface area contributed by atoms with Gasteiger partial charge in [-0.1, -0.05) is 41.9 Å². The Balaban J connectivity index is 2.31. The van der Waals surface area contributed by atoms with Gasteiger partial charge in [0, 0.05) is 5.39 Å². The van der Waals surface area contributed by atoms with Crippen LogP contribution >= 0.6 is 11.6 Å². The smallest absolute Gasteiger partial charge is 0.355 e. The average Bonchev–Trinajstić information content (AvgIpc) is 2.87. The van der Waals surface area contributed by atoms with Gasteiger partial charge in [-0.15, -0.1) is 0 Å². The summed E-state index contributed by atoms with van der Waals surface area (Å²) in [6, 6.07) is 17.1. The lowest BCUT2D eigenvalue weighted by Gasteiger charge is -2.11. The van der Waals surface area contributed by atoms with Crippen molar-refractivity contribution in [1.82, 2.24) is 4.57 Å². The molecule has 0 atom stereocenters. The Kier molecular flexibility index (Phi) is 3.67. The van der Waals surface area contributed by atoms with Crippen molar-refractivity contribution in [3.63, 3.8) is 0 Å². The first-order valence-corrected chi connectivity index (χ1v) is 7.12. The van der Waals surface area contributed by atoms with Crippen LogP contribution in [0, 0.1) is 0 Å². The molecule has 1 heterocycles. The molecule has 0 amide bonds. The van der Waals surface area contributed by atoms with Crippen molar-refractivity contribution < 1.29 is 9.53 Å². The van der Waals surface area contributed by atoms with Crippen LogP contribution in [0.25, 0.3) is 16.6 Å². The largest absolute Gasteiger partial charge is 0.461 e. The molecule has 4 heteroatoms. The summed E-state index contributed by atoms with van der Waals surface area (Å²) in [7, 11) is 0. The number of fused-ring (bicyclic) bond motifs is 1. The van der Waals surface area contributed by atoms with Gasteiger partial charge >= 0.3 is 5.97 Å². The van der Waals surface area contributed by atoms with E-state index in [0.29, 0.717) is 17.3 Å². The number of hydrogen-bond donors (Lipinski definition) is 0. The number of benzene rings is 2. The molecule has 0 radical (unpaired) electrons. The van der Waals surface area contributed by atoms with Gasteiger partial charge in [-0.2, -0.15) is 0 Å². The topological polar surface area (TPSA) is 31.2 Å². The van der Waals surface area contributed by atoms with Gasteiger partial charge in [0.05, 0.1) is 22.8 Å². The van der Waals surface area contributed by atoms with Gasteiger partial charge in [0.25, 0.3) is 0 Å². The number of nitrogens with zero attached hydrogens (tertiary/aromatic N) is 1. The molecule has 3 nitrogen and oxygen atoms in total. The van der Waals surface area contributed by atoms with Gasteiger partial charge in [-0.3, -0.25) is 0 Å². The molecule has 3 aromatic rings. The Morgan fingerprint density at radius 2 is 1.86 bits per heavy atom. The number of hydrogen-bond acceptors (Lipinski definition) is 2. The Morgan fingerprint density at radius 3 is 2.62 bits per heavy atom. The predicted molar refractivity (Wildman–Crippen MR) is 84.2 cm³/mol. The van der Waals surface area contributed by atoms with Crippen LogP contribution in [0.4, 0.5) is 0 Å². The summed E-state index contributed by atoms with van der Waals surface area (Å²) in [5.74, 6) is -0.353. The Bertz CT molecular complexity index is 807. The minimum atomic E-state index is -0.353. The van der Waals surface area contributed by atoms with E-state index < -0.39 is 0 Å². The summed E-state index contributed by atoms with van der Waals surface area (Å²) in [6.07, 6.45) is 0. The molecular formula is C17H14ClNO2. The van der Waals surface area contributed by atoms with Crippen molar-refractivity contribution in [3.8, 4) is 5.69 Å². The van der Waals surface area contributed by atoms with Crippen molar-refractivity contribution in [3.05, 3.63) is 65.3 Å². The lowest BCUT2D eigenvalue weighted by molar-refractivity contribution is 0.0517. The monoisotopic (exact) mass is 299 g/mol. The highest BCUT2D eigenvalue weighted by atomic mass is 35.5. The number of ether oxygens (including phenoxy) is 1. The third-order valence-corrected chi connectivity index (χ3v) is 3.61. The minimum Gasteiger partial charge on any atom is -0.461 e. The molecule has 0 aliphatic heterocycles. The van der Waals surface area contributed by atoms with Crippen LogP contribution in [0.3, 0.4) is 0 Å². The molecule has 0 aliphatic carbocycles. The van der Waals surface area contributed by atoms with Gasteiger partial charge in [-0.05, 0) is 31.2 Å². The van der Waals surface area contributed by atoms with Gasteiger partial charge in [0.1, 0.15) is 5.69 Å². The fourth-order valence-corrected chi connectivity index (χ4v) is 2.62. The highest BCUT2D eigenvalue weighted by Crippen LogP contribution is 2.29.